The van der Waals surface area contributed by atoms with Gasteiger partial charge in [-0.05, 0) is 49.2 Å². The van der Waals surface area contributed by atoms with Crippen molar-refractivity contribution in [3.8, 4) is 0 Å². The highest BCUT2D eigenvalue weighted by Crippen LogP contribution is 2.27. The highest BCUT2D eigenvalue weighted by atomic mass is 35.5. The van der Waals surface area contributed by atoms with Gasteiger partial charge in [-0.25, -0.2) is 13.2 Å². The van der Waals surface area contributed by atoms with Crippen molar-refractivity contribution in [1.29, 1.82) is 0 Å². The van der Waals surface area contributed by atoms with Gasteiger partial charge in [0.2, 0.25) is 15.9 Å². The molecule has 0 bridgehead atoms. The second kappa shape index (κ2) is 9.28. The SMILES string of the molecule is CC[C@@H](C(=O)Nc1cc(C(=O)OC)ccc1Cl)N(c1cccc(C)c1)S(C)(=O)=O. The lowest BCUT2D eigenvalue weighted by Gasteiger charge is -2.30. The molecule has 2 aromatic carbocycles. The van der Waals surface area contributed by atoms with Crippen LogP contribution in [0.4, 0.5) is 11.4 Å². The highest BCUT2D eigenvalue weighted by molar-refractivity contribution is 7.92. The molecule has 0 spiro atoms. The molecule has 0 fully saturated rings. The minimum absolute atomic E-state index is 0.190. The molecular weight excluding hydrogens is 416 g/mol. The van der Waals surface area contributed by atoms with Crippen molar-refractivity contribution in [3.05, 3.63) is 58.6 Å². The monoisotopic (exact) mass is 438 g/mol. The number of carbonyl (C=O) groups excluding carboxylic acids is 2. The third-order valence-electron chi connectivity index (χ3n) is 4.23. The number of anilines is 2. The number of halogens is 1. The van der Waals surface area contributed by atoms with Crippen molar-refractivity contribution in [2.45, 2.75) is 26.3 Å². The molecule has 2 aromatic rings. The van der Waals surface area contributed by atoms with Gasteiger partial charge in [0.15, 0.2) is 0 Å². The quantitative estimate of drug-likeness (QED) is 0.666. The Morgan fingerprint density at radius 3 is 2.45 bits per heavy atom. The molecule has 0 aromatic heterocycles. The maximum absolute atomic E-state index is 13.0. The predicted octanol–water partition coefficient (Wildman–Crippen LogP) is 3.62. The van der Waals surface area contributed by atoms with E-state index in [0.29, 0.717) is 5.69 Å². The molecule has 0 radical (unpaired) electrons. The summed E-state index contributed by atoms with van der Waals surface area (Å²) in [5, 5.41) is 2.84. The molecule has 0 aliphatic rings. The smallest absolute Gasteiger partial charge is 0.337 e. The summed E-state index contributed by atoms with van der Waals surface area (Å²) in [5.74, 6) is -1.15. The van der Waals surface area contributed by atoms with Crippen LogP contribution in [0, 0.1) is 6.92 Å². The van der Waals surface area contributed by atoms with Crippen LogP contribution in [0.15, 0.2) is 42.5 Å². The summed E-state index contributed by atoms with van der Waals surface area (Å²) < 4.78 is 30.8. The zero-order chi connectivity index (χ0) is 21.8. The normalized spacial score (nSPS) is 12.2. The van der Waals surface area contributed by atoms with Crippen molar-refractivity contribution in [2.24, 2.45) is 0 Å². The molecule has 0 aliphatic heterocycles. The fourth-order valence-corrected chi connectivity index (χ4v) is 4.28. The third-order valence-corrected chi connectivity index (χ3v) is 5.74. The van der Waals surface area contributed by atoms with Crippen LogP contribution in [0.2, 0.25) is 5.02 Å². The molecular formula is C20H23ClN2O5S. The van der Waals surface area contributed by atoms with E-state index in [9.17, 15) is 18.0 Å². The van der Waals surface area contributed by atoms with Crippen molar-refractivity contribution in [1.82, 2.24) is 0 Å². The molecule has 0 saturated heterocycles. The minimum Gasteiger partial charge on any atom is -0.465 e. The summed E-state index contributed by atoms with van der Waals surface area (Å²) in [7, 11) is -2.51. The number of benzene rings is 2. The van der Waals surface area contributed by atoms with Gasteiger partial charge in [-0.15, -0.1) is 0 Å². The molecule has 29 heavy (non-hydrogen) atoms. The first-order valence-electron chi connectivity index (χ1n) is 8.83. The summed E-state index contributed by atoms with van der Waals surface area (Å²) in [6, 6.07) is 10.2. The number of hydrogen-bond acceptors (Lipinski definition) is 5. The van der Waals surface area contributed by atoms with Crippen molar-refractivity contribution >= 4 is 44.9 Å². The van der Waals surface area contributed by atoms with Gasteiger partial charge in [-0.3, -0.25) is 9.10 Å². The highest BCUT2D eigenvalue weighted by Gasteiger charge is 2.32. The van der Waals surface area contributed by atoms with Crippen LogP contribution in [0.25, 0.3) is 0 Å². The van der Waals surface area contributed by atoms with E-state index in [-0.39, 0.29) is 22.7 Å². The Balaban J connectivity index is 2.42. The van der Waals surface area contributed by atoms with Crippen LogP contribution in [-0.2, 0) is 19.6 Å². The summed E-state index contributed by atoms with van der Waals surface area (Å²) in [4.78, 5) is 24.7. The van der Waals surface area contributed by atoms with Gasteiger partial charge in [0.25, 0.3) is 0 Å². The van der Waals surface area contributed by atoms with E-state index < -0.39 is 27.9 Å². The van der Waals surface area contributed by atoms with Crippen molar-refractivity contribution < 1.29 is 22.7 Å². The van der Waals surface area contributed by atoms with Crippen LogP contribution in [-0.4, -0.2) is 39.7 Å². The predicted molar refractivity (Wildman–Crippen MR) is 114 cm³/mol. The van der Waals surface area contributed by atoms with Crippen LogP contribution in [0.1, 0.15) is 29.3 Å². The van der Waals surface area contributed by atoms with Gasteiger partial charge in [-0.2, -0.15) is 0 Å². The molecule has 2 rings (SSSR count). The number of esters is 1. The lowest BCUT2D eigenvalue weighted by atomic mass is 10.1. The molecule has 1 N–H and O–H groups in total. The molecule has 1 amide bonds. The summed E-state index contributed by atoms with van der Waals surface area (Å²) >= 11 is 6.14. The Morgan fingerprint density at radius 1 is 1.21 bits per heavy atom. The third kappa shape index (κ3) is 5.48. The average molecular weight is 439 g/mol. The lowest BCUT2D eigenvalue weighted by molar-refractivity contribution is -0.117. The zero-order valence-corrected chi connectivity index (χ0v) is 18.2. The van der Waals surface area contributed by atoms with E-state index in [4.69, 9.17) is 11.6 Å². The molecule has 0 heterocycles. The molecule has 0 unspecified atom stereocenters. The van der Waals surface area contributed by atoms with Crippen LogP contribution < -0.4 is 9.62 Å². The van der Waals surface area contributed by atoms with Gasteiger partial charge in [-0.1, -0.05) is 30.7 Å². The van der Waals surface area contributed by atoms with Gasteiger partial charge in [0, 0.05) is 0 Å². The van der Waals surface area contributed by atoms with E-state index >= 15 is 0 Å². The second-order valence-electron chi connectivity index (χ2n) is 6.50. The Bertz CT molecular complexity index is 1020. The number of nitrogens with zero attached hydrogens (tertiary/aromatic N) is 1. The molecule has 0 aliphatic carbocycles. The van der Waals surface area contributed by atoms with Gasteiger partial charge >= 0.3 is 5.97 Å². The topological polar surface area (TPSA) is 92.8 Å². The van der Waals surface area contributed by atoms with E-state index in [1.807, 2.05) is 13.0 Å². The van der Waals surface area contributed by atoms with Gasteiger partial charge in [0.1, 0.15) is 6.04 Å². The van der Waals surface area contributed by atoms with Crippen LogP contribution >= 0.6 is 11.6 Å². The summed E-state index contributed by atoms with van der Waals surface area (Å²) in [5.41, 5.74) is 1.65. The maximum Gasteiger partial charge on any atom is 0.337 e. The zero-order valence-electron chi connectivity index (χ0n) is 16.6. The van der Waals surface area contributed by atoms with E-state index in [2.05, 4.69) is 10.1 Å². The van der Waals surface area contributed by atoms with E-state index in [1.165, 1.54) is 25.3 Å². The number of methoxy groups -OCH3 is 1. The fraction of sp³-hybridized carbons (Fsp3) is 0.300. The Hall–Kier alpha value is -2.58. The second-order valence-corrected chi connectivity index (χ2v) is 8.76. The van der Waals surface area contributed by atoms with Gasteiger partial charge in [0.05, 0.1) is 35.3 Å². The number of rotatable bonds is 7. The number of aryl methyl sites for hydroxylation is 1. The average Bonchev–Trinajstić information content (AvgIpc) is 2.65. The van der Waals surface area contributed by atoms with Crippen molar-refractivity contribution in [2.75, 3.05) is 23.0 Å². The number of nitrogens with one attached hydrogen (secondary N) is 1. The largest absolute Gasteiger partial charge is 0.465 e. The first-order chi connectivity index (χ1) is 13.6. The molecule has 9 heteroatoms. The molecule has 156 valence electrons. The molecule has 0 saturated carbocycles. The Morgan fingerprint density at radius 2 is 1.90 bits per heavy atom. The Kier molecular flexibility index (Phi) is 7.26. The van der Waals surface area contributed by atoms with Crippen LogP contribution in [0.5, 0.6) is 0 Å². The number of amides is 1. The maximum atomic E-state index is 13.0. The number of ether oxygens (including phenoxy) is 1. The first kappa shape index (κ1) is 22.7. The lowest BCUT2D eigenvalue weighted by Crippen LogP contribution is -2.47. The fourth-order valence-electron chi connectivity index (χ4n) is 2.91. The van der Waals surface area contributed by atoms with E-state index in [0.717, 1.165) is 16.1 Å². The van der Waals surface area contributed by atoms with Crippen LogP contribution in [0.3, 0.4) is 0 Å². The number of hydrogen-bond donors (Lipinski definition) is 1. The molecule has 7 nitrogen and oxygen atoms in total. The first-order valence-corrected chi connectivity index (χ1v) is 11.1. The van der Waals surface area contributed by atoms with E-state index in [1.54, 1.807) is 25.1 Å². The number of carbonyl (C=O) groups is 2. The summed E-state index contributed by atoms with van der Waals surface area (Å²) in [6.45, 7) is 3.55. The Labute approximate surface area is 175 Å². The summed E-state index contributed by atoms with van der Waals surface area (Å²) in [6.07, 6.45) is 1.28. The minimum atomic E-state index is -3.75. The molecule has 1 atom stereocenters. The standard InChI is InChI=1S/C20H23ClN2O5S/c1-5-18(23(29(4,26)27)15-8-6-7-13(2)11-15)19(24)22-17-12-14(20(25)28-3)9-10-16(17)21/h6-12,18H,5H2,1-4H3,(H,22,24)/t18-/m0/s1. The van der Waals surface area contributed by atoms with Crippen molar-refractivity contribution in [3.63, 3.8) is 0 Å². The van der Waals surface area contributed by atoms with Gasteiger partial charge < -0.3 is 10.1 Å². The number of sulfonamides is 1.